The number of unbranched alkanes of at least 4 members (excludes halogenated alkanes) is 7. The van der Waals surface area contributed by atoms with E-state index in [2.05, 4.69) is 20.8 Å². The van der Waals surface area contributed by atoms with Crippen molar-refractivity contribution in [2.75, 3.05) is 0 Å². The summed E-state index contributed by atoms with van der Waals surface area (Å²) >= 11 is 0. The molecule has 0 unspecified atom stereocenters. The van der Waals surface area contributed by atoms with Crippen LogP contribution in [0.2, 0.25) is 0 Å². The van der Waals surface area contributed by atoms with Crippen molar-refractivity contribution in [3.05, 3.63) is 13.8 Å². The molecule has 0 fully saturated rings. The van der Waals surface area contributed by atoms with Crippen LogP contribution in [0.3, 0.4) is 0 Å². The molecule has 1 amide bonds. The lowest BCUT2D eigenvalue weighted by molar-refractivity contribution is -0.118. The second-order valence-corrected chi connectivity index (χ2v) is 4.04. The Kier molecular flexibility index (Phi) is 18.8. The van der Waals surface area contributed by atoms with E-state index in [4.69, 9.17) is 5.73 Å². The lowest BCUT2D eigenvalue weighted by Gasteiger charge is -1.96. The number of hydrogen-bond donors (Lipinski definition) is 1. The van der Waals surface area contributed by atoms with E-state index in [1.165, 1.54) is 25.7 Å². The second kappa shape index (κ2) is 16.9. The highest BCUT2D eigenvalue weighted by Gasteiger charge is 1.90. The zero-order chi connectivity index (χ0) is 12.6. The zero-order valence-corrected chi connectivity index (χ0v) is 11.0. The van der Waals surface area contributed by atoms with E-state index in [0.717, 1.165) is 32.1 Å². The van der Waals surface area contributed by atoms with Crippen LogP contribution >= 0.6 is 0 Å². The van der Waals surface area contributed by atoms with Gasteiger partial charge in [-0.15, -0.1) is 0 Å². The Morgan fingerprint density at radius 2 is 1.44 bits per heavy atom. The summed E-state index contributed by atoms with van der Waals surface area (Å²) in [5, 5.41) is 0. The Labute approximate surface area is 102 Å². The van der Waals surface area contributed by atoms with Gasteiger partial charge >= 0.3 is 0 Å². The molecular formula is C14H29NO-2. The summed E-state index contributed by atoms with van der Waals surface area (Å²) in [6, 6.07) is 0. The Hall–Kier alpha value is -0.530. The molecule has 0 bridgehead atoms. The van der Waals surface area contributed by atoms with Crippen molar-refractivity contribution in [2.45, 2.75) is 71.1 Å². The first kappa shape index (κ1) is 17.9. The van der Waals surface area contributed by atoms with E-state index in [0.29, 0.717) is 6.42 Å². The summed E-state index contributed by atoms with van der Waals surface area (Å²) in [4.78, 5) is 10.2. The average Bonchev–Trinajstić information content (AvgIpc) is 2.26. The average molecular weight is 227 g/mol. The molecule has 0 aliphatic heterocycles. The smallest absolute Gasteiger partial charge is 0.217 e. The molecule has 2 heteroatoms. The minimum absolute atomic E-state index is 0.195. The largest absolute Gasteiger partial charge is 0.370 e. The molecule has 0 aliphatic carbocycles. The highest BCUT2D eigenvalue weighted by atomic mass is 16.1. The van der Waals surface area contributed by atoms with Crippen molar-refractivity contribution in [1.82, 2.24) is 0 Å². The maximum absolute atomic E-state index is 10.2. The van der Waals surface area contributed by atoms with Crippen molar-refractivity contribution in [3.8, 4) is 0 Å². The summed E-state index contributed by atoms with van der Waals surface area (Å²) in [7, 11) is 0. The van der Waals surface area contributed by atoms with Crippen LogP contribution in [0.4, 0.5) is 0 Å². The number of carbonyl (C=O) groups excluding carboxylic acids is 1. The summed E-state index contributed by atoms with van der Waals surface area (Å²) in [5.74, 6) is -0.195. The first-order valence-electron chi connectivity index (χ1n) is 6.55. The van der Waals surface area contributed by atoms with Crippen LogP contribution in [0.25, 0.3) is 0 Å². The van der Waals surface area contributed by atoms with Gasteiger partial charge in [-0.2, -0.15) is 12.8 Å². The van der Waals surface area contributed by atoms with Gasteiger partial charge in [-0.05, 0) is 6.42 Å². The molecule has 98 valence electrons. The van der Waals surface area contributed by atoms with Gasteiger partial charge in [0, 0.05) is 6.42 Å². The summed E-state index contributed by atoms with van der Waals surface area (Å²) in [5.41, 5.74) is 4.92. The van der Waals surface area contributed by atoms with Crippen LogP contribution in [0.5, 0.6) is 0 Å². The number of nitrogens with two attached hydrogens (primary N) is 1. The number of hydrogen-bond acceptors (Lipinski definition) is 1. The predicted molar refractivity (Wildman–Crippen MR) is 71.8 cm³/mol. The normalized spacial score (nSPS) is 9.44. The van der Waals surface area contributed by atoms with Gasteiger partial charge in [-0.1, -0.05) is 45.4 Å². The fourth-order valence-electron chi connectivity index (χ4n) is 1.26. The molecule has 2 nitrogen and oxygen atoms in total. The third kappa shape index (κ3) is 23.4. The van der Waals surface area contributed by atoms with E-state index in [-0.39, 0.29) is 5.91 Å². The molecule has 0 spiro atoms. The third-order valence-electron chi connectivity index (χ3n) is 2.28. The van der Waals surface area contributed by atoms with Gasteiger partial charge in [0.1, 0.15) is 0 Å². The summed E-state index contributed by atoms with van der Waals surface area (Å²) in [6.45, 7) is 9.67. The van der Waals surface area contributed by atoms with Crippen molar-refractivity contribution in [1.29, 1.82) is 0 Å². The Balaban J connectivity index is 0. The van der Waals surface area contributed by atoms with E-state index < -0.39 is 0 Å². The highest BCUT2D eigenvalue weighted by molar-refractivity contribution is 5.73. The maximum atomic E-state index is 10.2. The number of carbonyl (C=O) groups is 1. The lowest BCUT2D eigenvalue weighted by Crippen LogP contribution is -2.09. The van der Waals surface area contributed by atoms with Crippen LogP contribution in [-0.4, -0.2) is 5.91 Å². The monoisotopic (exact) mass is 227 g/mol. The van der Waals surface area contributed by atoms with Crippen LogP contribution in [0, 0.1) is 13.8 Å². The number of rotatable bonds is 9. The first-order chi connectivity index (χ1) is 7.68. The number of primary amides is 1. The van der Waals surface area contributed by atoms with Crippen LogP contribution in [0.1, 0.15) is 71.1 Å². The van der Waals surface area contributed by atoms with Crippen molar-refractivity contribution in [3.63, 3.8) is 0 Å². The summed E-state index contributed by atoms with van der Waals surface area (Å²) in [6.07, 6.45) is 11.1. The minimum Gasteiger partial charge on any atom is -0.370 e. The van der Waals surface area contributed by atoms with Crippen molar-refractivity contribution >= 4 is 5.91 Å². The molecule has 0 aromatic heterocycles. The maximum Gasteiger partial charge on any atom is 0.217 e. The lowest BCUT2D eigenvalue weighted by atomic mass is 10.1. The first-order valence-corrected chi connectivity index (χ1v) is 6.55. The molecule has 0 radical (unpaired) electrons. The molecule has 0 saturated heterocycles. The molecule has 0 atom stereocenters. The molecule has 0 heterocycles. The van der Waals surface area contributed by atoms with Gasteiger partial charge in [0.05, 0.1) is 0 Å². The zero-order valence-electron chi connectivity index (χ0n) is 11.0. The standard InChI is InChI=1S/C7H14NO.C7H15/c1-2-3-4-5-6-7(8)9;1-3-5-7-6-4-2/h1-6H2,(H2,8,9);1,3-7H2,2H3/q2*-1. The van der Waals surface area contributed by atoms with E-state index >= 15 is 0 Å². The minimum atomic E-state index is -0.195. The Morgan fingerprint density at radius 3 is 1.81 bits per heavy atom. The van der Waals surface area contributed by atoms with Gasteiger partial charge in [-0.25, -0.2) is 0 Å². The van der Waals surface area contributed by atoms with Gasteiger partial charge in [0.2, 0.25) is 5.91 Å². The molecule has 0 aromatic rings. The van der Waals surface area contributed by atoms with E-state index in [1.54, 1.807) is 0 Å². The van der Waals surface area contributed by atoms with Crippen LogP contribution in [-0.2, 0) is 4.79 Å². The molecular weight excluding hydrogens is 198 g/mol. The quantitative estimate of drug-likeness (QED) is 0.468. The molecule has 0 aliphatic rings. The fraction of sp³-hybridized carbons (Fsp3) is 0.786. The van der Waals surface area contributed by atoms with Gasteiger partial charge in [0.25, 0.3) is 0 Å². The Morgan fingerprint density at radius 1 is 0.938 bits per heavy atom. The van der Waals surface area contributed by atoms with Gasteiger partial charge in [-0.3, -0.25) is 4.79 Å². The summed E-state index contributed by atoms with van der Waals surface area (Å²) < 4.78 is 0. The van der Waals surface area contributed by atoms with Crippen molar-refractivity contribution < 1.29 is 4.79 Å². The topological polar surface area (TPSA) is 43.1 Å². The molecule has 0 saturated carbocycles. The van der Waals surface area contributed by atoms with Crippen LogP contribution < -0.4 is 5.73 Å². The van der Waals surface area contributed by atoms with E-state index in [1.807, 2.05) is 0 Å². The Bertz CT molecular complexity index is 131. The molecule has 0 aromatic carbocycles. The van der Waals surface area contributed by atoms with Crippen LogP contribution in [0.15, 0.2) is 0 Å². The molecule has 0 rings (SSSR count). The SMILES string of the molecule is [CH2-]CCCCCC.[CH2-]CCCCCC(N)=O. The van der Waals surface area contributed by atoms with Gasteiger partial charge < -0.3 is 19.6 Å². The molecule has 2 N–H and O–H groups in total. The van der Waals surface area contributed by atoms with Gasteiger partial charge in [0.15, 0.2) is 0 Å². The fourth-order valence-corrected chi connectivity index (χ4v) is 1.26. The van der Waals surface area contributed by atoms with Crippen molar-refractivity contribution in [2.24, 2.45) is 5.73 Å². The molecule has 16 heavy (non-hydrogen) atoms. The second-order valence-electron chi connectivity index (χ2n) is 4.04. The highest BCUT2D eigenvalue weighted by Crippen LogP contribution is 2.00. The third-order valence-corrected chi connectivity index (χ3v) is 2.28. The number of amides is 1. The predicted octanol–water partition coefficient (Wildman–Crippen LogP) is 4.05. The van der Waals surface area contributed by atoms with E-state index in [9.17, 15) is 4.79 Å².